The van der Waals surface area contributed by atoms with Crippen molar-refractivity contribution in [1.82, 2.24) is 14.5 Å². The van der Waals surface area contributed by atoms with Gasteiger partial charge in [-0.15, -0.1) is 0 Å². The number of carbonyl (C=O) groups excluding carboxylic acids is 2. The minimum atomic E-state index is -3.58. The summed E-state index contributed by atoms with van der Waals surface area (Å²) in [6, 6.07) is 0.869. The lowest BCUT2D eigenvalue weighted by Gasteiger charge is -2.25. The number of furan rings is 1. The van der Waals surface area contributed by atoms with Gasteiger partial charge in [-0.05, 0) is 18.4 Å². The molecule has 0 aliphatic carbocycles. The maximum Gasteiger partial charge on any atom is 0.254 e. The summed E-state index contributed by atoms with van der Waals surface area (Å²) in [4.78, 5) is 26.8. The molecule has 8 nitrogen and oxygen atoms in total. The maximum absolute atomic E-state index is 12.8. The predicted molar refractivity (Wildman–Crippen MR) is 90.3 cm³/mol. The molecule has 25 heavy (non-hydrogen) atoms. The average molecular weight is 369 g/mol. The molecule has 1 N–H and O–H groups in total. The Hall–Kier alpha value is -1.87. The third-order valence-corrected chi connectivity index (χ3v) is 6.26. The number of nitrogens with one attached hydrogen (secondary N) is 1. The summed E-state index contributed by atoms with van der Waals surface area (Å²) in [7, 11) is -3.58. The summed E-state index contributed by atoms with van der Waals surface area (Å²) in [5.74, 6) is -0.658. The molecular weight excluding hydrogens is 346 g/mol. The first-order valence-electron chi connectivity index (χ1n) is 8.39. The van der Waals surface area contributed by atoms with Crippen molar-refractivity contribution in [3.05, 3.63) is 24.2 Å². The van der Waals surface area contributed by atoms with E-state index >= 15 is 0 Å². The summed E-state index contributed by atoms with van der Waals surface area (Å²) in [5.41, 5.74) is 0.428. The predicted octanol–water partition coefficient (Wildman–Crippen LogP) is 0.280. The van der Waals surface area contributed by atoms with Gasteiger partial charge in [0.15, 0.2) is 0 Å². The van der Waals surface area contributed by atoms with Gasteiger partial charge in [0.2, 0.25) is 10.0 Å². The van der Waals surface area contributed by atoms with Gasteiger partial charge < -0.3 is 9.73 Å². The number of hydrogen-bond acceptors (Lipinski definition) is 6. The molecule has 1 aromatic heterocycles. The molecule has 0 spiro atoms. The second-order valence-electron chi connectivity index (χ2n) is 7.01. The lowest BCUT2D eigenvalue weighted by atomic mass is 10.1. The van der Waals surface area contributed by atoms with Crippen LogP contribution in [0.1, 0.15) is 30.6 Å². The number of sulfonamides is 1. The Morgan fingerprint density at radius 3 is 2.84 bits per heavy atom. The minimum Gasteiger partial charge on any atom is -0.472 e. The van der Waals surface area contributed by atoms with Gasteiger partial charge in [0.1, 0.15) is 6.26 Å². The Morgan fingerprint density at radius 2 is 2.20 bits per heavy atom. The highest BCUT2D eigenvalue weighted by molar-refractivity contribution is 7.89. The molecule has 2 atom stereocenters. The van der Waals surface area contributed by atoms with Crippen molar-refractivity contribution in [3.63, 3.8) is 0 Å². The largest absolute Gasteiger partial charge is 0.472 e. The summed E-state index contributed by atoms with van der Waals surface area (Å²) in [6.07, 6.45) is 3.20. The molecular formula is C16H23N3O5S. The average Bonchev–Trinajstić information content (AvgIpc) is 3.17. The molecule has 0 saturated carbocycles. The molecule has 2 aliphatic heterocycles. The van der Waals surface area contributed by atoms with E-state index in [0.29, 0.717) is 25.1 Å². The molecule has 0 aromatic carbocycles. The van der Waals surface area contributed by atoms with Crippen molar-refractivity contribution in [2.75, 3.05) is 25.4 Å². The van der Waals surface area contributed by atoms with Crippen molar-refractivity contribution in [1.29, 1.82) is 0 Å². The summed E-state index contributed by atoms with van der Waals surface area (Å²) >= 11 is 0. The van der Waals surface area contributed by atoms with Crippen LogP contribution in [0.15, 0.2) is 23.0 Å². The van der Waals surface area contributed by atoms with Crippen molar-refractivity contribution in [3.8, 4) is 0 Å². The molecule has 2 amide bonds. The Morgan fingerprint density at radius 1 is 1.44 bits per heavy atom. The molecule has 2 saturated heterocycles. The molecule has 2 fully saturated rings. The molecule has 2 aliphatic rings. The van der Waals surface area contributed by atoms with Crippen molar-refractivity contribution in [2.45, 2.75) is 32.4 Å². The van der Waals surface area contributed by atoms with E-state index < -0.39 is 16.1 Å². The molecule has 1 aromatic rings. The van der Waals surface area contributed by atoms with E-state index in [1.165, 1.54) is 12.5 Å². The van der Waals surface area contributed by atoms with Gasteiger partial charge in [0, 0.05) is 25.7 Å². The fourth-order valence-corrected chi connectivity index (χ4v) is 4.96. The van der Waals surface area contributed by atoms with Gasteiger partial charge in [-0.2, -0.15) is 0 Å². The number of rotatable bonds is 4. The van der Waals surface area contributed by atoms with Gasteiger partial charge >= 0.3 is 0 Å². The zero-order valence-corrected chi connectivity index (χ0v) is 15.2. The molecule has 3 rings (SSSR count). The van der Waals surface area contributed by atoms with E-state index in [2.05, 4.69) is 5.32 Å². The number of fused-ring (bicyclic) bond motifs is 1. The second kappa shape index (κ2) is 6.80. The van der Waals surface area contributed by atoms with Crippen LogP contribution < -0.4 is 5.32 Å². The lowest BCUT2D eigenvalue weighted by Crippen LogP contribution is -2.45. The second-order valence-corrected chi connectivity index (χ2v) is 9.02. The molecule has 0 bridgehead atoms. The molecule has 9 heteroatoms. The fourth-order valence-electron chi connectivity index (χ4n) is 3.36. The Kier molecular flexibility index (Phi) is 4.88. The van der Waals surface area contributed by atoms with Crippen LogP contribution in [0.2, 0.25) is 0 Å². The van der Waals surface area contributed by atoms with Gasteiger partial charge in [-0.3, -0.25) is 14.5 Å². The Labute approximate surface area is 147 Å². The van der Waals surface area contributed by atoms with Gasteiger partial charge in [0.25, 0.3) is 11.8 Å². The monoisotopic (exact) mass is 369 g/mol. The molecule has 138 valence electrons. The normalized spacial score (nSPS) is 26.5. The summed E-state index contributed by atoms with van der Waals surface area (Å²) in [6.45, 7) is 4.72. The van der Waals surface area contributed by atoms with Crippen LogP contribution in [-0.4, -0.2) is 66.9 Å². The van der Waals surface area contributed by atoms with Crippen LogP contribution in [0.4, 0.5) is 0 Å². The fraction of sp³-hybridized carbons (Fsp3) is 0.625. The molecule has 0 radical (unpaired) electrons. The van der Waals surface area contributed by atoms with E-state index in [1.807, 2.05) is 18.7 Å². The number of hydrogen-bond donors (Lipinski definition) is 1. The highest BCUT2D eigenvalue weighted by Gasteiger charge is 2.45. The van der Waals surface area contributed by atoms with Crippen LogP contribution in [0.5, 0.6) is 0 Å². The van der Waals surface area contributed by atoms with E-state index in [4.69, 9.17) is 4.42 Å². The van der Waals surface area contributed by atoms with Crippen LogP contribution >= 0.6 is 0 Å². The van der Waals surface area contributed by atoms with Crippen molar-refractivity contribution < 1.29 is 22.4 Å². The summed E-state index contributed by atoms with van der Waals surface area (Å²) in [5, 5.41) is 2.89. The van der Waals surface area contributed by atoms with Crippen LogP contribution in [-0.2, 0) is 14.8 Å². The third-order valence-electron chi connectivity index (χ3n) is 4.56. The minimum absolute atomic E-state index is 0.0586. The number of amides is 2. The zero-order chi connectivity index (χ0) is 18.2. The van der Waals surface area contributed by atoms with E-state index in [0.717, 1.165) is 4.31 Å². The van der Waals surface area contributed by atoms with Gasteiger partial charge in [-0.25, -0.2) is 12.7 Å². The van der Waals surface area contributed by atoms with Gasteiger partial charge in [0.05, 0.1) is 23.6 Å². The van der Waals surface area contributed by atoms with Crippen LogP contribution in [0.25, 0.3) is 0 Å². The zero-order valence-electron chi connectivity index (χ0n) is 14.3. The quantitative estimate of drug-likeness (QED) is 0.818. The SMILES string of the molecule is CC(C)CN1C(=O)[C@@H]2C[C@H](NC(=O)c3ccoc3)CN2CCS1(=O)=O. The standard InChI is InChI=1S/C16H23N3O5S/c1-11(2)8-19-16(21)14-7-13(9-18(14)4-6-25(19,22)23)17-15(20)12-3-5-24-10-12/h3,5,10-11,13-14H,4,6-9H2,1-2H3,(H,17,20)/t13-,14-/m0/s1. The third kappa shape index (κ3) is 3.72. The number of carbonyl (C=O) groups is 2. The summed E-state index contributed by atoms with van der Waals surface area (Å²) < 4.78 is 30.7. The smallest absolute Gasteiger partial charge is 0.254 e. The Bertz CT molecular complexity index is 744. The van der Waals surface area contributed by atoms with Crippen LogP contribution in [0.3, 0.4) is 0 Å². The first kappa shape index (κ1) is 17.9. The molecule has 3 heterocycles. The van der Waals surface area contributed by atoms with Crippen molar-refractivity contribution in [2.24, 2.45) is 5.92 Å². The molecule has 0 unspecified atom stereocenters. The maximum atomic E-state index is 12.8. The highest BCUT2D eigenvalue weighted by Crippen LogP contribution is 2.25. The topological polar surface area (TPSA) is 99.9 Å². The Balaban J connectivity index is 1.72. The first-order valence-corrected chi connectivity index (χ1v) is 10.00. The highest BCUT2D eigenvalue weighted by atomic mass is 32.2. The van der Waals surface area contributed by atoms with E-state index in [-0.39, 0.29) is 36.1 Å². The van der Waals surface area contributed by atoms with Crippen molar-refractivity contribution >= 4 is 21.8 Å². The lowest BCUT2D eigenvalue weighted by molar-refractivity contribution is -0.130. The van der Waals surface area contributed by atoms with E-state index in [9.17, 15) is 18.0 Å². The first-order chi connectivity index (χ1) is 11.8. The van der Waals surface area contributed by atoms with E-state index in [1.54, 1.807) is 6.07 Å². The number of nitrogens with zero attached hydrogens (tertiary/aromatic N) is 2. The van der Waals surface area contributed by atoms with Crippen LogP contribution in [0, 0.1) is 5.92 Å². The van der Waals surface area contributed by atoms with Gasteiger partial charge in [-0.1, -0.05) is 13.8 Å².